The van der Waals surface area contributed by atoms with E-state index in [9.17, 15) is 9.59 Å². The summed E-state index contributed by atoms with van der Waals surface area (Å²) in [6.07, 6.45) is 6.05. The Morgan fingerprint density at radius 2 is 1.96 bits per heavy atom. The molecule has 26 heavy (non-hydrogen) atoms. The number of likely N-dealkylation sites (N-methyl/N-ethyl adjacent to an activating group) is 1. The normalized spacial score (nSPS) is 17.7. The van der Waals surface area contributed by atoms with Crippen LogP contribution in [0.4, 0.5) is 0 Å². The molecule has 0 bridgehead atoms. The SMILES string of the molecule is CC(C)C(NC(=O)c1cnc(C2CC2)c(OCC2CC2)n1)C(=O)N(C)C. The second-order valence-corrected chi connectivity index (χ2v) is 7.90. The standard InChI is InChI=1S/C19H28N4O3/c1-11(2)15(19(25)23(3)4)22-17(24)14-9-20-16(13-7-8-13)18(21-14)26-10-12-5-6-12/h9,11-13,15H,5-8,10H2,1-4H3,(H,22,24). The third-order valence-corrected chi connectivity index (χ3v) is 4.78. The summed E-state index contributed by atoms with van der Waals surface area (Å²) in [5.74, 6) is 0.910. The minimum absolute atomic E-state index is 0.0295. The number of hydrogen-bond acceptors (Lipinski definition) is 5. The molecular weight excluding hydrogens is 332 g/mol. The van der Waals surface area contributed by atoms with Gasteiger partial charge in [-0.3, -0.25) is 14.6 Å². The van der Waals surface area contributed by atoms with E-state index in [1.165, 1.54) is 23.9 Å². The summed E-state index contributed by atoms with van der Waals surface area (Å²) in [4.78, 5) is 35.3. The van der Waals surface area contributed by atoms with Crippen LogP contribution >= 0.6 is 0 Å². The zero-order valence-electron chi connectivity index (χ0n) is 16.0. The fourth-order valence-corrected chi connectivity index (χ4v) is 2.72. The fraction of sp³-hybridized carbons (Fsp3) is 0.684. The number of rotatable bonds is 8. The van der Waals surface area contributed by atoms with Gasteiger partial charge in [-0.05, 0) is 37.5 Å². The molecule has 7 heteroatoms. The van der Waals surface area contributed by atoms with Crippen molar-refractivity contribution < 1.29 is 14.3 Å². The Morgan fingerprint density at radius 1 is 1.27 bits per heavy atom. The van der Waals surface area contributed by atoms with Crippen LogP contribution in [0.5, 0.6) is 5.88 Å². The molecule has 2 aliphatic rings. The van der Waals surface area contributed by atoms with Crippen LogP contribution in [0.15, 0.2) is 6.20 Å². The number of nitrogens with one attached hydrogen (secondary N) is 1. The predicted molar refractivity (Wildman–Crippen MR) is 97.0 cm³/mol. The summed E-state index contributed by atoms with van der Waals surface area (Å²) in [6, 6.07) is -0.599. The Bertz CT molecular complexity index is 681. The Kier molecular flexibility index (Phi) is 5.44. The Balaban J connectivity index is 1.75. The third-order valence-electron chi connectivity index (χ3n) is 4.78. The van der Waals surface area contributed by atoms with Gasteiger partial charge < -0.3 is 15.0 Å². The molecule has 0 radical (unpaired) electrons. The average Bonchev–Trinajstić information content (AvgIpc) is 3.49. The molecule has 3 rings (SSSR count). The first-order valence-corrected chi connectivity index (χ1v) is 9.38. The Hall–Kier alpha value is -2.18. The smallest absolute Gasteiger partial charge is 0.272 e. The van der Waals surface area contributed by atoms with E-state index in [4.69, 9.17) is 4.74 Å². The summed E-state index contributed by atoms with van der Waals surface area (Å²) >= 11 is 0. The monoisotopic (exact) mass is 360 g/mol. The minimum Gasteiger partial charge on any atom is -0.476 e. The van der Waals surface area contributed by atoms with E-state index >= 15 is 0 Å². The van der Waals surface area contributed by atoms with Gasteiger partial charge in [0.2, 0.25) is 11.8 Å². The number of nitrogens with zero attached hydrogens (tertiary/aromatic N) is 3. The molecule has 2 amide bonds. The van der Waals surface area contributed by atoms with Crippen molar-refractivity contribution in [3.05, 3.63) is 17.6 Å². The number of carbonyl (C=O) groups excluding carboxylic acids is 2. The van der Waals surface area contributed by atoms with Crippen molar-refractivity contribution in [3.63, 3.8) is 0 Å². The number of amides is 2. The molecular formula is C19H28N4O3. The highest BCUT2D eigenvalue weighted by atomic mass is 16.5. The molecule has 1 N–H and O–H groups in total. The van der Waals surface area contributed by atoms with Crippen LogP contribution in [0, 0.1) is 11.8 Å². The molecule has 1 atom stereocenters. The van der Waals surface area contributed by atoms with Gasteiger partial charge in [0.15, 0.2) is 5.69 Å². The highest BCUT2D eigenvalue weighted by Gasteiger charge is 2.32. The van der Waals surface area contributed by atoms with Gasteiger partial charge in [-0.25, -0.2) is 4.98 Å². The lowest BCUT2D eigenvalue weighted by molar-refractivity contribution is -0.131. The number of hydrogen-bond donors (Lipinski definition) is 1. The minimum atomic E-state index is -0.599. The molecule has 7 nitrogen and oxygen atoms in total. The molecule has 0 saturated heterocycles. The van der Waals surface area contributed by atoms with Crippen molar-refractivity contribution in [1.82, 2.24) is 20.2 Å². The summed E-state index contributed by atoms with van der Waals surface area (Å²) in [6.45, 7) is 4.43. The molecule has 142 valence electrons. The second-order valence-electron chi connectivity index (χ2n) is 7.90. The van der Waals surface area contributed by atoms with Crippen molar-refractivity contribution >= 4 is 11.8 Å². The number of ether oxygens (including phenoxy) is 1. The van der Waals surface area contributed by atoms with Gasteiger partial charge in [-0.2, -0.15) is 0 Å². The topological polar surface area (TPSA) is 84.4 Å². The molecule has 2 fully saturated rings. The number of carbonyl (C=O) groups is 2. The lowest BCUT2D eigenvalue weighted by atomic mass is 10.0. The molecule has 0 aliphatic heterocycles. The van der Waals surface area contributed by atoms with E-state index in [-0.39, 0.29) is 17.5 Å². The van der Waals surface area contributed by atoms with Gasteiger partial charge in [0.05, 0.1) is 12.8 Å². The van der Waals surface area contributed by atoms with Crippen LogP contribution in [-0.4, -0.2) is 53.4 Å². The predicted octanol–water partition coefficient (Wildman–Crippen LogP) is 1.99. The van der Waals surface area contributed by atoms with Crippen LogP contribution in [0.3, 0.4) is 0 Å². The summed E-state index contributed by atoms with van der Waals surface area (Å²) in [7, 11) is 3.36. The fourth-order valence-electron chi connectivity index (χ4n) is 2.72. The van der Waals surface area contributed by atoms with E-state index in [1.807, 2.05) is 13.8 Å². The largest absolute Gasteiger partial charge is 0.476 e. The van der Waals surface area contributed by atoms with Crippen LogP contribution in [0.25, 0.3) is 0 Å². The van der Waals surface area contributed by atoms with E-state index < -0.39 is 11.9 Å². The van der Waals surface area contributed by atoms with Gasteiger partial charge in [-0.15, -0.1) is 0 Å². The van der Waals surface area contributed by atoms with Gasteiger partial charge in [0.1, 0.15) is 11.7 Å². The first kappa shape index (κ1) is 18.6. The first-order valence-electron chi connectivity index (χ1n) is 9.38. The Morgan fingerprint density at radius 3 is 2.50 bits per heavy atom. The van der Waals surface area contributed by atoms with E-state index in [1.54, 1.807) is 14.1 Å². The van der Waals surface area contributed by atoms with Crippen molar-refractivity contribution in [3.8, 4) is 5.88 Å². The van der Waals surface area contributed by atoms with E-state index in [2.05, 4.69) is 15.3 Å². The summed E-state index contributed by atoms with van der Waals surface area (Å²) in [5, 5.41) is 2.79. The van der Waals surface area contributed by atoms with Crippen LogP contribution in [0.1, 0.15) is 61.6 Å². The van der Waals surface area contributed by atoms with E-state index in [0.717, 1.165) is 18.5 Å². The molecule has 2 saturated carbocycles. The molecule has 1 aromatic heterocycles. The highest BCUT2D eigenvalue weighted by molar-refractivity contribution is 5.96. The van der Waals surface area contributed by atoms with Gasteiger partial charge in [0.25, 0.3) is 5.91 Å². The van der Waals surface area contributed by atoms with Crippen LogP contribution in [0.2, 0.25) is 0 Å². The first-order chi connectivity index (χ1) is 12.4. The zero-order valence-corrected chi connectivity index (χ0v) is 16.0. The second kappa shape index (κ2) is 7.60. The van der Waals surface area contributed by atoms with Crippen molar-refractivity contribution in [1.29, 1.82) is 0 Å². The molecule has 1 unspecified atom stereocenters. The highest BCUT2D eigenvalue weighted by Crippen LogP contribution is 2.42. The maximum Gasteiger partial charge on any atom is 0.272 e. The van der Waals surface area contributed by atoms with E-state index in [0.29, 0.717) is 24.3 Å². The number of aromatic nitrogens is 2. The third kappa shape index (κ3) is 4.51. The van der Waals surface area contributed by atoms with Gasteiger partial charge in [0, 0.05) is 20.0 Å². The van der Waals surface area contributed by atoms with Crippen molar-refractivity contribution in [2.24, 2.45) is 11.8 Å². The molecule has 2 aliphatic carbocycles. The molecule has 0 spiro atoms. The molecule has 1 aromatic rings. The maximum absolute atomic E-state index is 12.6. The maximum atomic E-state index is 12.6. The lowest BCUT2D eigenvalue weighted by Crippen LogP contribution is -2.49. The Labute approximate surface area is 154 Å². The van der Waals surface area contributed by atoms with Crippen LogP contribution < -0.4 is 10.1 Å². The summed E-state index contributed by atoms with van der Waals surface area (Å²) < 4.78 is 5.86. The van der Waals surface area contributed by atoms with Gasteiger partial charge in [-0.1, -0.05) is 13.8 Å². The van der Waals surface area contributed by atoms with Crippen molar-refractivity contribution in [2.75, 3.05) is 20.7 Å². The van der Waals surface area contributed by atoms with Crippen molar-refractivity contribution in [2.45, 2.75) is 51.5 Å². The molecule has 1 heterocycles. The zero-order chi connectivity index (χ0) is 18.8. The molecule has 0 aromatic carbocycles. The van der Waals surface area contributed by atoms with Gasteiger partial charge >= 0.3 is 0 Å². The summed E-state index contributed by atoms with van der Waals surface area (Å²) in [5.41, 5.74) is 1.05. The quantitative estimate of drug-likeness (QED) is 0.766. The van der Waals surface area contributed by atoms with Crippen LogP contribution in [-0.2, 0) is 4.79 Å². The lowest BCUT2D eigenvalue weighted by Gasteiger charge is -2.24. The average molecular weight is 360 g/mol.